The first-order valence-electron chi connectivity index (χ1n) is 13.4. The first-order valence-corrected chi connectivity index (χ1v) is 13.8. The van der Waals surface area contributed by atoms with Crippen LogP contribution in [0.25, 0.3) is 0 Å². The van der Waals surface area contributed by atoms with Crippen LogP contribution in [0.5, 0.6) is 11.5 Å². The van der Waals surface area contributed by atoms with Gasteiger partial charge in [-0.2, -0.15) is 10.5 Å². The monoisotopic (exact) mass is 748 g/mol. The number of alkyl halides is 4. The van der Waals surface area contributed by atoms with E-state index in [0.29, 0.717) is 28.1 Å². The van der Waals surface area contributed by atoms with E-state index in [1.54, 1.807) is 6.92 Å². The molecule has 0 atom stereocenters. The van der Waals surface area contributed by atoms with E-state index in [9.17, 15) is 32.4 Å². The second-order valence-electron chi connectivity index (χ2n) is 11.3. The Morgan fingerprint density at radius 1 is 0.833 bits per heavy atom. The van der Waals surface area contributed by atoms with E-state index in [4.69, 9.17) is 26.3 Å². The second kappa shape index (κ2) is 18.9. The summed E-state index contributed by atoms with van der Waals surface area (Å²) in [7, 11) is 0. The van der Waals surface area contributed by atoms with Crippen molar-refractivity contribution >= 4 is 23.4 Å². The molecular weight excluding hydrogens is 709 g/mol. The molecule has 10 nitrogen and oxygen atoms in total. The SMILES string of the molecule is C.CC(C)(C(=O)N1CCOc2c(cnc(Cl)c2C#N)C1)C(F)F.Cc1ncc2c(c1C#N)OCCN(C(=O)C(C)(C)C(F)F)C2.[CH3-].[CH3-].[Zn+2]. The van der Waals surface area contributed by atoms with Gasteiger partial charge in [0.25, 0.3) is 12.9 Å². The third-order valence-electron chi connectivity index (χ3n) is 7.28. The molecule has 0 bridgehead atoms. The van der Waals surface area contributed by atoms with Gasteiger partial charge in [0.2, 0.25) is 11.8 Å². The molecule has 0 saturated carbocycles. The van der Waals surface area contributed by atoms with E-state index in [2.05, 4.69) is 9.97 Å². The van der Waals surface area contributed by atoms with Crippen LogP contribution in [0, 0.1) is 55.3 Å². The van der Waals surface area contributed by atoms with E-state index < -0.39 is 35.5 Å². The van der Waals surface area contributed by atoms with Gasteiger partial charge in [-0.15, -0.1) is 0 Å². The Balaban J connectivity index is 0. The summed E-state index contributed by atoms with van der Waals surface area (Å²) in [6.07, 6.45) is -2.62. The van der Waals surface area contributed by atoms with Gasteiger partial charge in [0.15, 0.2) is 5.15 Å². The number of pyridine rings is 2. The molecule has 0 aliphatic carbocycles. The molecule has 0 saturated heterocycles. The molecule has 2 amide bonds. The summed E-state index contributed by atoms with van der Waals surface area (Å²) >= 11 is 5.83. The van der Waals surface area contributed by atoms with Crippen molar-refractivity contribution in [3.8, 4) is 23.6 Å². The number of halogens is 5. The largest absolute Gasteiger partial charge is 2.00 e. The smallest absolute Gasteiger partial charge is 0.490 e. The van der Waals surface area contributed by atoms with Crippen LogP contribution in [0.3, 0.4) is 0 Å². The van der Waals surface area contributed by atoms with Crippen molar-refractivity contribution in [3.05, 3.63) is 60.3 Å². The van der Waals surface area contributed by atoms with E-state index in [1.807, 2.05) is 12.1 Å². The van der Waals surface area contributed by atoms with Gasteiger partial charge in [0.1, 0.15) is 58.8 Å². The Morgan fingerprint density at radius 2 is 1.21 bits per heavy atom. The van der Waals surface area contributed by atoms with E-state index in [1.165, 1.54) is 49.9 Å². The number of carbonyl (C=O) groups is 2. The molecule has 260 valence electrons. The normalized spacial score (nSPS) is 13.6. The zero-order valence-electron chi connectivity index (χ0n) is 27.5. The van der Waals surface area contributed by atoms with Crippen molar-refractivity contribution in [3.63, 3.8) is 0 Å². The number of rotatable bonds is 4. The third kappa shape index (κ3) is 9.76. The minimum atomic E-state index is -2.78. The maximum absolute atomic E-state index is 13.1. The summed E-state index contributed by atoms with van der Waals surface area (Å²) in [5.74, 6) is -0.668. The molecule has 0 aromatic carbocycles. The minimum Gasteiger partial charge on any atom is -0.490 e. The molecule has 48 heavy (non-hydrogen) atoms. The number of ether oxygens (including phenoxy) is 2. The van der Waals surface area contributed by atoms with Crippen molar-refractivity contribution in [2.75, 3.05) is 26.3 Å². The Bertz CT molecular complexity index is 1400. The van der Waals surface area contributed by atoms with Crippen LogP contribution < -0.4 is 9.47 Å². The molecule has 4 rings (SSSR count). The number of aryl methyl sites for hydroxylation is 1. The van der Waals surface area contributed by atoms with Crippen LogP contribution in [0.4, 0.5) is 17.6 Å². The molecule has 0 radical (unpaired) electrons. The van der Waals surface area contributed by atoms with Gasteiger partial charge in [-0.25, -0.2) is 22.5 Å². The van der Waals surface area contributed by atoms with Gasteiger partial charge in [-0.05, 0) is 34.6 Å². The minimum absolute atomic E-state index is 0. The van der Waals surface area contributed by atoms with Gasteiger partial charge >= 0.3 is 19.5 Å². The second-order valence-corrected chi connectivity index (χ2v) is 11.6. The molecule has 2 aliphatic heterocycles. The number of nitrogens with zero attached hydrogens (tertiary/aromatic N) is 6. The van der Waals surface area contributed by atoms with Crippen LogP contribution in [0.2, 0.25) is 5.15 Å². The first-order chi connectivity index (χ1) is 20.6. The predicted molar refractivity (Wildman–Crippen MR) is 169 cm³/mol. The molecule has 2 aromatic rings. The molecule has 0 spiro atoms. The third-order valence-corrected chi connectivity index (χ3v) is 7.57. The summed E-state index contributed by atoms with van der Waals surface area (Å²) in [6, 6.07) is 3.93. The molecule has 0 unspecified atom stereocenters. The molecule has 0 fully saturated rings. The summed E-state index contributed by atoms with van der Waals surface area (Å²) < 4.78 is 63.2. The fraction of sp³-hybridized carbons (Fsp3) is 0.500. The Kier molecular flexibility index (Phi) is 18.3. The first kappa shape index (κ1) is 46.6. The number of nitriles is 2. The number of hydrogen-bond donors (Lipinski definition) is 0. The Morgan fingerprint density at radius 3 is 1.58 bits per heavy atom. The van der Waals surface area contributed by atoms with Gasteiger partial charge < -0.3 is 34.1 Å². The quantitative estimate of drug-likeness (QED) is 0.151. The van der Waals surface area contributed by atoms with Crippen molar-refractivity contribution in [2.24, 2.45) is 10.8 Å². The maximum atomic E-state index is 13.1. The van der Waals surface area contributed by atoms with Crippen LogP contribution in [0.1, 0.15) is 63.1 Å². The predicted octanol–water partition coefficient (Wildman–Crippen LogP) is 6.43. The molecule has 2 aliphatic rings. The zero-order valence-corrected chi connectivity index (χ0v) is 31.2. The number of fused-ring (bicyclic) bond motifs is 2. The van der Waals surface area contributed by atoms with Crippen LogP contribution in [-0.2, 0) is 42.2 Å². The van der Waals surface area contributed by atoms with Gasteiger partial charge in [-0.1, -0.05) is 19.0 Å². The van der Waals surface area contributed by atoms with Crippen LogP contribution in [0.15, 0.2) is 12.4 Å². The number of hydrogen-bond acceptors (Lipinski definition) is 8. The van der Waals surface area contributed by atoms with Gasteiger partial charge in [-0.3, -0.25) is 14.6 Å². The van der Waals surface area contributed by atoms with Gasteiger partial charge in [0.05, 0.1) is 31.9 Å². The maximum Gasteiger partial charge on any atom is 2.00 e. The summed E-state index contributed by atoms with van der Waals surface area (Å²) in [5, 5.41) is 18.3. The summed E-state index contributed by atoms with van der Waals surface area (Å²) in [6.45, 7) is 7.26. The molecular formula is C32H41ClF4N6O4Zn. The molecule has 0 N–H and O–H groups in total. The fourth-order valence-electron chi connectivity index (χ4n) is 4.35. The zero-order chi connectivity index (χ0) is 33.0. The molecule has 16 heteroatoms. The van der Waals surface area contributed by atoms with Crippen molar-refractivity contribution in [1.82, 2.24) is 19.8 Å². The van der Waals surface area contributed by atoms with E-state index >= 15 is 0 Å². The average molecular weight is 751 g/mol. The Labute approximate surface area is 298 Å². The fourth-order valence-corrected chi connectivity index (χ4v) is 4.53. The molecule has 2 aromatic heterocycles. The summed E-state index contributed by atoms with van der Waals surface area (Å²) in [5.41, 5.74) is -1.59. The van der Waals surface area contributed by atoms with Crippen LogP contribution in [-0.4, -0.2) is 70.7 Å². The Hall–Kier alpha value is -3.55. The van der Waals surface area contributed by atoms with E-state index in [-0.39, 0.29) is 97.6 Å². The standard InChI is InChI=1S/C15H17F2N3O2.C14H14ClF2N3O2.CH4.2CH3.Zn/c1-9-11(6-18)12-10(7-19-9)8-20(4-5-22-12)14(21)15(2,3)13(16)17;1-14(2,12(16)17)13(21)20-3-4-22-10-8(7-20)6-19-11(15)9(10)5-18;;;;/h7,13H,4-5,8H2,1-3H3;6,12H,3-4,7H2,1-2H3;1H4;2*1H3;/q;;;2*-1;+2. The van der Waals surface area contributed by atoms with E-state index in [0.717, 1.165) is 0 Å². The number of aromatic nitrogens is 2. The summed E-state index contributed by atoms with van der Waals surface area (Å²) in [4.78, 5) is 35.3. The van der Waals surface area contributed by atoms with Gasteiger partial charge in [0, 0.05) is 23.5 Å². The average Bonchev–Trinajstić information content (AvgIpc) is 3.33. The van der Waals surface area contributed by atoms with Crippen LogP contribution >= 0.6 is 11.6 Å². The van der Waals surface area contributed by atoms with Crippen molar-refractivity contribution < 1.29 is 56.1 Å². The van der Waals surface area contributed by atoms with Crippen molar-refractivity contribution in [2.45, 2.75) is 68.0 Å². The van der Waals surface area contributed by atoms with Crippen molar-refractivity contribution in [1.29, 1.82) is 10.5 Å². The molecule has 4 heterocycles. The number of amides is 2. The number of carbonyl (C=O) groups excluding carboxylic acids is 2. The topological polar surface area (TPSA) is 132 Å².